The van der Waals surface area contributed by atoms with Crippen LogP contribution in [0, 0.1) is 6.92 Å². The second kappa shape index (κ2) is 6.76. The maximum Gasteiger partial charge on any atom is 0.204 e. The molecule has 1 unspecified atom stereocenters. The van der Waals surface area contributed by atoms with Crippen LogP contribution in [0.25, 0.3) is 0 Å². The summed E-state index contributed by atoms with van der Waals surface area (Å²) < 4.78 is 22.7. The summed E-state index contributed by atoms with van der Waals surface area (Å²) in [7, 11) is 2.26. The van der Waals surface area contributed by atoms with E-state index < -0.39 is 0 Å². The standard InChI is InChI=1S/C22H29FN2O/c1-18-8-10-19(11-9-18)17-26-22(20-6-4-3-5-7-20)21-16-24(2)12-14-25(21,23)15-13-24/h3-11,21-22H,12-17H2,1-2H3/q+2/t21?,22-,24?,25?/m1/s1. The van der Waals surface area contributed by atoms with Crippen LogP contribution in [0.5, 0.6) is 0 Å². The zero-order valence-corrected chi connectivity index (χ0v) is 15.8. The van der Waals surface area contributed by atoms with Gasteiger partial charge in [0.2, 0.25) is 6.04 Å². The average molecular weight is 356 g/mol. The Kier molecular flexibility index (Phi) is 4.59. The van der Waals surface area contributed by atoms with Crippen molar-refractivity contribution in [1.29, 1.82) is 0 Å². The Balaban J connectivity index is 1.60. The van der Waals surface area contributed by atoms with Crippen molar-refractivity contribution in [2.75, 3.05) is 39.8 Å². The number of hydrogen-bond donors (Lipinski definition) is 0. The van der Waals surface area contributed by atoms with Crippen molar-refractivity contribution in [2.45, 2.75) is 25.7 Å². The Morgan fingerprint density at radius 1 is 1.00 bits per heavy atom. The van der Waals surface area contributed by atoms with Crippen LogP contribution in [0.3, 0.4) is 0 Å². The van der Waals surface area contributed by atoms with Gasteiger partial charge in [-0.3, -0.25) is 0 Å². The Hall–Kier alpha value is -1.75. The fraction of sp³-hybridized carbons (Fsp3) is 0.455. The summed E-state index contributed by atoms with van der Waals surface area (Å²) >= 11 is 0. The Morgan fingerprint density at radius 2 is 1.65 bits per heavy atom. The molecule has 0 N–H and O–H groups in total. The van der Waals surface area contributed by atoms with E-state index in [1.165, 1.54) is 5.56 Å². The van der Waals surface area contributed by atoms with E-state index in [1.807, 2.05) is 18.2 Å². The molecule has 0 aromatic heterocycles. The summed E-state index contributed by atoms with van der Waals surface area (Å²) in [6.07, 6.45) is -0.222. The Bertz CT molecular complexity index is 738. The number of fused-ring (bicyclic) bond motifs is 3. The number of hydrogen-bond acceptors (Lipinski definition) is 1. The van der Waals surface area contributed by atoms with Crippen molar-refractivity contribution in [3.63, 3.8) is 0 Å². The first-order valence-corrected chi connectivity index (χ1v) is 9.60. The molecular formula is C22H29FN2O+2. The number of quaternary nitrogens is 2. The molecule has 3 aliphatic rings. The topological polar surface area (TPSA) is 9.23 Å². The SMILES string of the molecule is Cc1ccc(CO[C@H](c2ccccc2)C2C[N+]3(C)CC[N+]2(F)CC3)cc1. The number of aryl methyl sites for hydroxylation is 1. The number of ether oxygens (including phenoxy) is 1. The highest BCUT2D eigenvalue weighted by molar-refractivity contribution is 5.22. The lowest BCUT2D eigenvalue weighted by molar-refractivity contribution is -1.16. The van der Waals surface area contributed by atoms with Gasteiger partial charge in [0.1, 0.15) is 25.7 Å². The first-order chi connectivity index (χ1) is 12.5. The van der Waals surface area contributed by atoms with Crippen LogP contribution in [-0.2, 0) is 11.3 Å². The summed E-state index contributed by atoms with van der Waals surface area (Å²) in [5.74, 6) is 0. The van der Waals surface area contributed by atoms with Crippen molar-refractivity contribution in [2.24, 2.45) is 0 Å². The molecule has 5 rings (SSSR count). The third-order valence-corrected chi connectivity index (χ3v) is 6.27. The highest BCUT2D eigenvalue weighted by atomic mass is 19.2. The second-order valence-corrected chi connectivity index (χ2v) is 8.32. The van der Waals surface area contributed by atoms with Crippen LogP contribution in [-0.4, -0.2) is 55.0 Å². The third-order valence-electron chi connectivity index (χ3n) is 6.27. The van der Waals surface area contributed by atoms with Gasteiger partial charge >= 0.3 is 0 Å². The molecular weight excluding hydrogens is 327 g/mol. The van der Waals surface area contributed by atoms with Gasteiger partial charge in [-0.15, -0.1) is 4.71 Å². The van der Waals surface area contributed by atoms with Gasteiger partial charge in [0.05, 0.1) is 13.7 Å². The van der Waals surface area contributed by atoms with E-state index >= 15 is 4.48 Å². The number of halogens is 1. The molecule has 2 bridgehead atoms. The number of rotatable bonds is 5. The van der Waals surface area contributed by atoms with Crippen LogP contribution < -0.4 is 0 Å². The monoisotopic (exact) mass is 356 g/mol. The van der Waals surface area contributed by atoms with Crippen molar-refractivity contribution in [3.05, 3.63) is 71.3 Å². The third kappa shape index (κ3) is 3.41. The predicted molar refractivity (Wildman–Crippen MR) is 101 cm³/mol. The summed E-state index contributed by atoms with van der Waals surface area (Å²) in [4.78, 5) is 0. The fourth-order valence-electron chi connectivity index (χ4n) is 4.43. The van der Waals surface area contributed by atoms with Crippen LogP contribution in [0.1, 0.15) is 22.8 Å². The smallest absolute Gasteiger partial charge is 0.204 e. The number of benzene rings is 2. The van der Waals surface area contributed by atoms with Gasteiger partial charge in [0, 0.05) is 0 Å². The Morgan fingerprint density at radius 3 is 2.31 bits per heavy atom. The largest absolute Gasteiger partial charge is 0.362 e. The van der Waals surface area contributed by atoms with E-state index in [0.29, 0.717) is 19.7 Å². The summed E-state index contributed by atoms with van der Waals surface area (Å²) in [5.41, 5.74) is 3.46. The van der Waals surface area contributed by atoms with E-state index in [4.69, 9.17) is 4.74 Å². The summed E-state index contributed by atoms with van der Waals surface area (Å²) in [6, 6.07) is 18.5. The fourth-order valence-corrected chi connectivity index (χ4v) is 4.43. The molecule has 0 spiro atoms. The molecule has 26 heavy (non-hydrogen) atoms. The number of nitrogens with zero attached hydrogens (tertiary/aromatic N) is 2. The maximum atomic E-state index is 15.7. The molecule has 0 saturated carbocycles. The van der Waals surface area contributed by atoms with Gasteiger partial charge in [-0.1, -0.05) is 60.2 Å². The minimum absolute atomic E-state index is 0.143. The zero-order valence-electron chi connectivity index (χ0n) is 15.8. The molecule has 3 aliphatic heterocycles. The molecule has 0 amide bonds. The van der Waals surface area contributed by atoms with E-state index in [9.17, 15) is 0 Å². The second-order valence-electron chi connectivity index (χ2n) is 8.32. The average Bonchev–Trinajstić information content (AvgIpc) is 2.66. The molecule has 2 aromatic carbocycles. The maximum absolute atomic E-state index is 15.7. The van der Waals surface area contributed by atoms with Gasteiger partial charge in [-0.05, 0) is 22.5 Å². The Labute approximate surface area is 155 Å². The number of likely N-dealkylation sites (N-methyl/N-ethyl adjacent to an activating group) is 1. The van der Waals surface area contributed by atoms with E-state index in [-0.39, 0.29) is 16.9 Å². The highest BCUT2D eigenvalue weighted by Crippen LogP contribution is 2.39. The lowest BCUT2D eigenvalue weighted by Gasteiger charge is -2.53. The normalized spacial score (nSPS) is 31.7. The molecule has 2 aromatic rings. The molecule has 4 heteroatoms. The van der Waals surface area contributed by atoms with Crippen molar-refractivity contribution >= 4 is 0 Å². The lowest BCUT2D eigenvalue weighted by Crippen LogP contribution is -2.76. The molecule has 3 fully saturated rings. The molecule has 138 valence electrons. The lowest BCUT2D eigenvalue weighted by atomic mass is 9.94. The molecule has 0 radical (unpaired) electrons. The minimum Gasteiger partial charge on any atom is -0.362 e. The van der Waals surface area contributed by atoms with E-state index in [2.05, 4.69) is 50.4 Å². The van der Waals surface area contributed by atoms with Gasteiger partial charge in [0.25, 0.3) is 0 Å². The summed E-state index contributed by atoms with van der Waals surface area (Å²) in [5, 5.41) is 0. The molecule has 3 saturated heterocycles. The first kappa shape index (κ1) is 17.7. The highest BCUT2D eigenvalue weighted by Gasteiger charge is 2.59. The van der Waals surface area contributed by atoms with Crippen LogP contribution in [0.4, 0.5) is 4.48 Å². The van der Waals surface area contributed by atoms with E-state index in [1.54, 1.807) is 0 Å². The molecule has 3 heterocycles. The van der Waals surface area contributed by atoms with Crippen molar-refractivity contribution in [1.82, 2.24) is 0 Å². The van der Waals surface area contributed by atoms with Gasteiger partial charge in [-0.2, -0.15) is 0 Å². The van der Waals surface area contributed by atoms with E-state index in [0.717, 1.165) is 35.2 Å². The molecule has 2 atom stereocenters. The first-order valence-electron chi connectivity index (χ1n) is 9.60. The minimum atomic E-state index is -0.346. The van der Waals surface area contributed by atoms with Crippen molar-refractivity contribution in [3.8, 4) is 0 Å². The van der Waals surface area contributed by atoms with Crippen LogP contribution >= 0.6 is 0 Å². The molecule has 3 nitrogen and oxygen atoms in total. The zero-order chi connectivity index (χ0) is 18.2. The van der Waals surface area contributed by atoms with Gasteiger partial charge < -0.3 is 9.22 Å². The number of piperazine rings is 3. The van der Waals surface area contributed by atoms with Gasteiger partial charge in [-0.25, -0.2) is 0 Å². The van der Waals surface area contributed by atoms with Crippen LogP contribution in [0.2, 0.25) is 0 Å². The van der Waals surface area contributed by atoms with Crippen molar-refractivity contribution < 1.29 is 18.4 Å². The quantitative estimate of drug-likeness (QED) is 0.585. The molecule has 0 aliphatic carbocycles. The predicted octanol–water partition coefficient (Wildman–Crippen LogP) is 3.80. The van der Waals surface area contributed by atoms with Gasteiger partial charge in [0.15, 0.2) is 13.1 Å². The van der Waals surface area contributed by atoms with Crippen LogP contribution in [0.15, 0.2) is 54.6 Å². The summed E-state index contributed by atoms with van der Waals surface area (Å²) in [6.45, 7) is 6.47.